The van der Waals surface area contributed by atoms with Crippen molar-refractivity contribution in [1.29, 1.82) is 0 Å². The summed E-state index contributed by atoms with van der Waals surface area (Å²) in [7, 11) is 0. The van der Waals surface area contributed by atoms with Crippen LogP contribution in [0.1, 0.15) is 90.0 Å². The molecule has 0 unspecified atom stereocenters. The molecule has 6 rings (SSSR count). The number of pyridine rings is 1. The minimum Gasteiger partial charge on any atom is -0.467 e. The lowest BCUT2D eigenvalue weighted by Crippen LogP contribution is -2.39. The van der Waals surface area contributed by atoms with Crippen LogP contribution in [-0.4, -0.2) is 38.7 Å². The molecule has 0 spiro atoms. The van der Waals surface area contributed by atoms with Gasteiger partial charge in [-0.1, -0.05) is 50.3 Å². The normalized spacial score (nSPS) is 19.2. The number of furan rings is 1. The largest absolute Gasteiger partial charge is 0.467 e. The summed E-state index contributed by atoms with van der Waals surface area (Å²) in [5, 5.41) is 0.840. The fourth-order valence-electron chi connectivity index (χ4n) is 6.19. The minimum atomic E-state index is -0.0137. The van der Waals surface area contributed by atoms with Crippen LogP contribution in [0.5, 0.6) is 0 Å². The highest BCUT2D eigenvalue weighted by Gasteiger charge is 2.39. The van der Waals surface area contributed by atoms with E-state index in [1.54, 1.807) is 6.26 Å². The van der Waals surface area contributed by atoms with Crippen molar-refractivity contribution in [2.24, 2.45) is 0 Å². The van der Waals surface area contributed by atoms with E-state index in [2.05, 4.69) is 0 Å². The van der Waals surface area contributed by atoms with Crippen molar-refractivity contribution in [3.63, 3.8) is 0 Å². The molecule has 0 bridgehead atoms. The van der Waals surface area contributed by atoms with Crippen molar-refractivity contribution in [2.45, 2.75) is 83.0 Å². The molecule has 2 fully saturated rings. The summed E-state index contributed by atoms with van der Waals surface area (Å²) in [5.41, 5.74) is 2.65. The quantitative estimate of drug-likeness (QED) is 0.493. The Labute approximate surface area is 199 Å². The Morgan fingerprint density at radius 2 is 1.76 bits per heavy atom. The molecule has 176 valence electrons. The van der Waals surface area contributed by atoms with E-state index in [1.165, 1.54) is 6.42 Å². The van der Waals surface area contributed by atoms with Crippen LogP contribution >= 0.6 is 0 Å². The van der Waals surface area contributed by atoms with Gasteiger partial charge in [-0.15, -0.1) is 0 Å². The highest BCUT2D eigenvalue weighted by molar-refractivity contribution is 6.12. The van der Waals surface area contributed by atoms with Gasteiger partial charge in [0.25, 0.3) is 11.8 Å². The molecule has 3 aliphatic rings. The van der Waals surface area contributed by atoms with Gasteiger partial charge in [0.1, 0.15) is 11.5 Å². The molecule has 2 amide bonds. The third kappa shape index (κ3) is 3.69. The molecule has 0 N–H and O–H groups in total. The van der Waals surface area contributed by atoms with Crippen LogP contribution in [0.4, 0.5) is 0 Å². The third-order valence-electron chi connectivity index (χ3n) is 7.95. The lowest BCUT2D eigenvalue weighted by molar-refractivity contribution is 0.0633. The van der Waals surface area contributed by atoms with Gasteiger partial charge in [0.15, 0.2) is 0 Å². The summed E-state index contributed by atoms with van der Waals surface area (Å²) < 4.78 is 5.63. The van der Waals surface area contributed by atoms with E-state index in [0.717, 1.165) is 68.1 Å². The van der Waals surface area contributed by atoms with Gasteiger partial charge in [-0.05, 0) is 43.9 Å². The average Bonchev–Trinajstić information content (AvgIpc) is 3.64. The highest BCUT2D eigenvalue weighted by Crippen LogP contribution is 2.36. The Morgan fingerprint density at radius 3 is 2.53 bits per heavy atom. The molecule has 34 heavy (non-hydrogen) atoms. The molecular formula is C28H31N3O3. The summed E-state index contributed by atoms with van der Waals surface area (Å²) in [6, 6.07) is 12.0. The smallest absolute Gasteiger partial charge is 0.273 e. The number of aromatic nitrogens is 1. The second-order valence-electron chi connectivity index (χ2n) is 10.0. The Hall–Kier alpha value is -3.15. The molecule has 1 aliphatic heterocycles. The SMILES string of the molecule is O=C1c2nc3ccccc3c(C(=O)N(Cc3ccco3)C3CCCC3)c2CN1C1CCCCC1. The van der Waals surface area contributed by atoms with Crippen LogP contribution in [0.25, 0.3) is 10.9 Å². The highest BCUT2D eigenvalue weighted by atomic mass is 16.3. The van der Waals surface area contributed by atoms with Crippen molar-refractivity contribution < 1.29 is 14.0 Å². The molecule has 2 aromatic heterocycles. The van der Waals surface area contributed by atoms with Gasteiger partial charge < -0.3 is 14.2 Å². The summed E-state index contributed by atoms with van der Waals surface area (Å²) >= 11 is 0. The third-order valence-corrected chi connectivity index (χ3v) is 7.95. The lowest BCUT2D eigenvalue weighted by atomic mass is 9.94. The van der Waals surface area contributed by atoms with E-state index in [-0.39, 0.29) is 23.9 Å². The number of hydrogen-bond acceptors (Lipinski definition) is 4. The van der Waals surface area contributed by atoms with Gasteiger partial charge in [-0.25, -0.2) is 4.98 Å². The molecule has 0 atom stereocenters. The van der Waals surface area contributed by atoms with E-state index in [4.69, 9.17) is 9.40 Å². The number of carbonyl (C=O) groups is 2. The first-order chi connectivity index (χ1) is 16.7. The fraction of sp³-hybridized carbons (Fsp3) is 0.464. The number of benzene rings is 1. The number of hydrogen-bond donors (Lipinski definition) is 0. The van der Waals surface area contributed by atoms with Gasteiger partial charge in [-0.2, -0.15) is 0 Å². The summed E-state index contributed by atoms with van der Waals surface area (Å²) in [4.78, 5) is 36.6. The molecule has 0 radical (unpaired) electrons. The maximum Gasteiger partial charge on any atom is 0.273 e. The molecule has 3 aromatic rings. The zero-order chi connectivity index (χ0) is 23.1. The number of fused-ring (bicyclic) bond motifs is 2. The van der Waals surface area contributed by atoms with Gasteiger partial charge in [0.05, 0.1) is 23.9 Å². The van der Waals surface area contributed by atoms with Crippen LogP contribution in [0.2, 0.25) is 0 Å². The maximum atomic E-state index is 14.3. The number of nitrogens with zero attached hydrogens (tertiary/aromatic N) is 3. The Balaban J connectivity index is 1.44. The van der Waals surface area contributed by atoms with Crippen molar-refractivity contribution in [1.82, 2.24) is 14.8 Å². The number of rotatable bonds is 5. The van der Waals surface area contributed by atoms with Crippen LogP contribution in [0.15, 0.2) is 47.1 Å². The van der Waals surface area contributed by atoms with Crippen LogP contribution < -0.4 is 0 Å². The second kappa shape index (κ2) is 8.90. The van der Waals surface area contributed by atoms with Crippen molar-refractivity contribution in [3.8, 4) is 0 Å². The second-order valence-corrected chi connectivity index (χ2v) is 10.0. The molecule has 2 aliphatic carbocycles. The molecule has 3 heterocycles. The Morgan fingerprint density at radius 1 is 1.00 bits per heavy atom. The minimum absolute atomic E-state index is 0.00329. The first-order valence-electron chi connectivity index (χ1n) is 12.8. The number of amides is 2. The monoisotopic (exact) mass is 457 g/mol. The van der Waals surface area contributed by atoms with Gasteiger partial charge >= 0.3 is 0 Å². The summed E-state index contributed by atoms with van der Waals surface area (Å²) in [6.45, 7) is 0.930. The Bertz CT molecular complexity index is 1210. The number of para-hydroxylation sites is 1. The van der Waals surface area contributed by atoms with E-state index >= 15 is 0 Å². The van der Waals surface area contributed by atoms with Crippen LogP contribution in [0.3, 0.4) is 0 Å². The van der Waals surface area contributed by atoms with Crippen LogP contribution in [-0.2, 0) is 13.1 Å². The summed E-state index contributed by atoms with van der Waals surface area (Å²) in [6.07, 6.45) is 11.6. The molecule has 2 saturated carbocycles. The molecule has 6 nitrogen and oxygen atoms in total. The van der Waals surface area contributed by atoms with Crippen molar-refractivity contribution in [3.05, 3.63) is 65.2 Å². The number of carbonyl (C=O) groups excluding carboxylic acids is 2. The van der Waals surface area contributed by atoms with E-state index in [1.807, 2.05) is 46.2 Å². The first-order valence-corrected chi connectivity index (χ1v) is 12.8. The van der Waals surface area contributed by atoms with Gasteiger partial charge in [0.2, 0.25) is 0 Å². The average molecular weight is 458 g/mol. The predicted octanol–water partition coefficient (Wildman–Crippen LogP) is 5.70. The zero-order valence-corrected chi connectivity index (χ0v) is 19.5. The molecule has 1 aromatic carbocycles. The van der Waals surface area contributed by atoms with Crippen molar-refractivity contribution in [2.75, 3.05) is 0 Å². The predicted molar refractivity (Wildman–Crippen MR) is 129 cm³/mol. The van der Waals surface area contributed by atoms with Crippen molar-refractivity contribution >= 4 is 22.7 Å². The first kappa shape index (κ1) is 21.4. The molecule has 6 heteroatoms. The van der Waals surface area contributed by atoms with Crippen LogP contribution in [0, 0.1) is 0 Å². The molecular weight excluding hydrogens is 426 g/mol. The van der Waals surface area contributed by atoms with E-state index < -0.39 is 0 Å². The lowest BCUT2D eigenvalue weighted by Gasteiger charge is -2.31. The topological polar surface area (TPSA) is 66.7 Å². The standard InChI is InChI=1S/C28H31N3O3/c32-27(30(19-11-4-5-12-19)17-21-13-8-16-34-21)25-22-14-6-7-15-24(22)29-26-23(25)18-31(28(26)33)20-9-2-1-3-10-20/h6-8,13-16,19-20H,1-5,9-12,17-18H2. The zero-order valence-electron chi connectivity index (χ0n) is 19.5. The maximum absolute atomic E-state index is 14.3. The summed E-state index contributed by atoms with van der Waals surface area (Å²) in [5.74, 6) is 0.770. The molecule has 0 saturated heterocycles. The van der Waals surface area contributed by atoms with E-state index in [9.17, 15) is 9.59 Å². The van der Waals surface area contributed by atoms with E-state index in [0.29, 0.717) is 29.9 Å². The van der Waals surface area contributed by atoms with Gasteiger partial charge in [-0.3, -0.25) is 9.59 Å². The fourth-order valence-corrected chi connectivity index (χ4v) is 6.19. The Kier molecular flexibility index (Phi) is 5.60. The van der Waals surface area contributed by atoms with Gasteiger partial charge in [0, 0.05) is 29.6 Å².